The molecule has 0 bridgehead atoms. The van der Waals surface area contributed by atoms with Crippen LogP contribution in [-0.4, -0.2) is 56.4 Å². The van der Waals surface area contributed by atoms with Gasteiger partial charge in [-0.05, 0) is 34.9 Å². The van der Waals surface area contributed by atoms with Crippen LogP contribution in [0.3, 0.4) is 0 Å². The average Bonchev–Trinajstić information content (AvgIpc) is 3.24. The molecule has 4 aromatic rings. The number of ether oxygens (including phenoxy) is 1. The molecule has 11 heteroatoms. The fourth-order valence-corrected chi connectivity index (χ4v) is 4.55. The van der Waals surface area contributed by atoms with E-state index in [1.54, 1.807) is 12.1 Å². The highest BCUT2D eigenvalue weighted by atomic mass is 19.2. The molecule has 188 valence electrons. The molecule has 36 heavy (non-hydrogen) atoms. The Morgan fingerprint density at radius 2 is 1.56 bits per heavy atom. The Bertz CT molecular complexity index is 1420. The quantitative estimate of drug-likeness (QED) is 0.246. The van der Waals surface area contributed by atoms with Gasteiger partial charge in [-0.1, -0.05) is 23.4 Å². The number of morpholine rings is 1. The summed E-state index contributed by atoms with van der Waals surface area (Å²) in [5, 5.41) is 27.1. The normalized spacial score (nSPS) is 14.8. The van der Waals surface area contributed by atoms with Crippen LogP contribution in [-0.2, 0) is 18.3 Å². The molecule has 2 heterocycles. The van der Waals surface area contributed by atoms with Gasteiger partial charge in [0, 0.05) is 32.2 Å². The number of hydrogen-bond donors (Lipinski definition) is 2. The topological polar surface area (TPSA) is 83.6 Å². The number of rotatable bonds is 5. The highest BCUT2D eigenvalue weighted by Crippen LogP contribution is 2.39. The van der Waals surface area contributed by atoms with Gasteiger partial charge in [0.2, 0.25) is 0 Å². The van der Waals surface area contributed by atoms with Gasteiger partial charge in [-0.2, -0.15) is 0 Å². The summed E-state index contributed by atoms with van der Waals surface area (Å²) in [5.74, 6) is -6.33. The molecule has 0 unspecified atom stereocenters. The summed E-state index contributed by atoms with van der Waals surface area (Å²) in [6.07, 6.45) is -2.04. The van der Waals surface area contributed by atoms with Gasteiger partial charge in [-0.15, -0.1) is 5.10 Å². The van der Waals surface area contributed by atoms with Gasteiger partial charge in [-0.25, -0.2) is 22.2 Å². The third-order valence-electron chi connectivity index (χ3n) is 6.29. The maximum Gasteiger partial charge on any atom is 0.180 e. The molecule has 1 fully saturated rings. The van der Waals surface area contributed by atoms with Crippen LogP contribution in [0.5, 0.6) is 0 Å². The SMILES string of the molecule is Cn1nnc2cc(-c3c(F)c(F)c(-c4cccc(CN5CCOCC5)c4)c(F)c3F)cc(C(O)O)c21. The van der Waals surface area contributed by atoms with E-state index < -0.39 is 40.7 Å². The van der Waals surface area contributed by atoms with Crippen molar-refractivity contribution in [3.05, 3.63) is 70.8 Å². The number of halogens is 4. The molecule has 0 spiro atoms. The second-order valence-corrected chi connectivity index (χ2v) is 8.61. The van der Waals surface area contributed by atoms with E-state index >= 15 is 17.6 Å². The molecule has 1 aromatic heterocycles. The Hall–Kier alpha value is -3.38. The van der Waals surface area contributed by atoms with Crippen molar-refractivity contribution in [1.29, 1.82) is 0 Å². The molecule has 0 amide bonds. The zero-order valence-electron chi connectivity index (χ0n) is 19.2. The smallest absolute Gasteiger partial charge is 0.180 e. The lowest BCUT2D eigenvalue weighted by molar-refractivity contribution is -0.0415. The highest BCUT2D eigenvalue weighted by Gasteiger charge is 2.29. The van der Waals surface area contributed by atoms with Crippen molar-refractivity contribution < 1.29 is 32.5 Å². The van der Waals surface area contributed by atoms with Crippen LogP contribution in [0.4, 0.5) is 17.6 Å². The Balaban J connectivity index is 1.61. The molecular weight excluding hydrogens is 480 g/mol. The van der Waals surface area contributed by atoms with Crippen molar-refractivity contribution in [3.63, 3.8) is 0 Å². The number of fused-ring (bicyclic) bond motifs is 1. The van der Waals surface area contributed by atoms with Gasteiger partial charge in [-0.3, -0.25) is 4.90 Å². The maximum absolute atomic E-state index is 15.3. The van der Waals surface area contributed by atoms with E-state index in [4.69, 9.17) is 4.74 Å². The van der Waals surface area contributed by atoms with Crippen molar-refractivity contribution in [2.75, 3.05) is 26.3 Å². The van der Waals surface area contributed by atoms with E-state index in [0.29, 0.717) is 32.8 Å². The summed E-state index contributed by atoms with van der Waals surface area (Å²) in [6.45, 7) is 3.05. The van der Waals surface area contributed by atoms with Crippen LogP contribution in [0.1, 0.15) is 17.4 Å². The van der Waals surface area contributed by atoms with E-state index in [1.165, 1.54) is 29.9 Å². The van der Waals surface area contributed by atoms with E-state index in [0.717, 1.165) is 11.6 Å². The summed E-state index contributed by atoms with van der Waals surface area (Å²) in [7, 11) is 1.49. The molecule has 1 aliphatic heterocycles. The Morgan fingerprint density at radius 1 is 0.917 bits per heavy atom. The molecule has 1 saturated heterocycles. The minimum atomic E-state index is -2.04. The van der Waals surface area contributed by atoms with Crippen LogP contribution >= 0.6 is 0 Å². The number of aliphatic hydroxyl groups excluding tert-OH is 1. The number of aliphatic hydroxyl groups is 2. The fraction of sp³-hybridized carbons (Fsp3) is 0.280. The molecule has 0 radical (unpaired) electrons. The molecule has 5 rings (SSSR count). The molecule has 3 aromatic carbocycles. The molecular formula is C25H22F4N4O3. The molecule has 2 N–H and O–H groups in total. The lowest BCUT2D eigenvalue weighted by atomic mass is 9.95. The number of aromatic nitrogens is 3. The van der Waals surface area contributed by atoms with E-state index in [9.17, 15) is 10.2 Å². The molecule has 0 saturated carbocycles. The van der Waals surface area contributed by atoms with Crippen molar-refractivity contribution in [3.8, 4) is 22.3 Å². The Kier molecular flexibility index (Phi) is 6.47. The van der Waals surface area contributed by atoms with Crippen LogP contribution in [0, 0.1) is 23.3 Å². The second-order valence-electron chi connectivity index (χ2n) is 8.61. The average molecular weight is 502 g/mol. The minimum Gasteiger partial charge on any atom is -0.379 e. The standard InChI is InChI=1S/C25H22F4N4O3/c1-32-24-16(25(34)35)10-15(11-17(24)30-31-32)19-22(28)20(26)18(21(27)23(19)29)14-4-2-3-13(9-14)12-33-5-7-36-8-6-33/h2-4,9-11,25,34-35H,5-8,12H2,1H3. The van der Waals surface area contributed by atoms with Gasteiger partial charge in [0.1, 0.15) is 5.52 Å². The van der Waals surface area contributed by atoms with Crippen LogP contribution in [0.25, 0.3) is 33.3 Å². The number of hydrogen-bond acceptors (Lipinski definition) is 6. The van der Waals surface area contributed by atoms with Gasteiger partial charge < -0.3 is 14.9 Å². The van der Waals surface area contributed by atoms with E-state index in [1.807, 2.05) is 0 Å². The molecule has 1 aliphatic rings. The summed E-state index contributed by atoms with van der Waals surface area (Å²) >= 11 is 0. The molecule has 0 atom stereocenters. The van der Waals surface area contributed by atoms with Gasteiger partial charge in [0.25, 0.3) is 0 Å². The van der Waals surface area contributed by atoms with E-state index in [2.05, 4.69) is 15.2 Å². The van der Waals surface area contributed by atoms with E-state index in [-0.39, 0.29) is 27.7 Å². The first-order chi connectivity index (χ1) is 17.3. The molecule has 7 nitrogen and oxygen atoms in total. The van der Waals surface area contributed by atoms with Gasteiger partial charge >= 0.3 is 0 Å². The van der Waals surface area contributed by atoms with Gasteiger partial charge in [0.05, 0.1) is 29.9 Å². The van der Waals surface area contributed by atoms with Gasteiger partial charge in [0.15, 0.2) is 29.6 Å². The van der Waals surface area contributed by atoms with Crippen molar-refractivity contribution in [2.45, 2.75) is 12.8 Å². The number of aryl methyl sites for hydroxylation is 1. The summed E-state index contributed by atoms with van der Waals surface area (Å²) in [5.41, 5.74) is -1.29. The number of nitrogens with zero attached hydrogens (tertiary/aromatic N) is 4. The number of benzene rings is 3. The maximum atomic E-state index is 15.3. The van der Waals surface area contributed by atoms with Crippen LogP contribution in [0.15, 0.2) is 36.4 Å². The first-order valence-corrected chi connectivity index (χ1v) is 11.2. The zero-order valence-corrected chi connectivity index (χ0v) is 19.2. The van der Waals surface area contributed by atoms with Crippen molar-refractivity contribution >= 4 is 11.0 Å². The summed E-state index contributed by atoms with van der Waals surface area (Å²) in [6, 6.07) is 8.45. The first-order valence-electron chi connectivity index (χ1n) is 11.2. The lowest BCUT2D eigenvalue weighted by Crippen LogP contribution is -2.35. The zero-order chi connectivity index (χ0) is 25.6. The van der Waals surface area contributed by atoms with Crippen LogP contribution < -0.4 is 0 Å². The second kappa shape index (κ2) is 9.58. The minimum absolute atomic E-state index is 0.00374. The third-order valence-corrected chi connectivity index (χ3v) is 6.29. The van der Waals surface area contributed by atoms with Crippen molar-refractivity contribution in [2.24, 2.45) is 7.05 Å². The summed E-state index contributed by atoms with van der Waals surface area (Å²) < 4.78 is 67.8. The third kappa shape index (κ3) is 4.24. The predicted molar refractivity (Wildman–Crippen MR) is 122 cm³/mol. The van der Waals surface area contributed by atoms with Crippen LogP contribution in [0.2, 0.25) is 0 Å². The summed E-state index contributed by atoms with van der Waals surface area (Å²) in [4.78, 5) is 2.11. The fourth-order valence-electron chi connectivity index (χ4n) is 4.55. The van der Waals surface area contributed by atoms with Crippen molar-refractivity contribution in [1.82, 2.24) is 19.9 Å². The molecule has 0 aliphatic carbocycles. The Labute approximate surface area is 203 Å². The first kappa shape index (κ1) is 24.3. The lowest BCUT2D eigenvalue weighted by Gasteiger charge is -2.26. The largest absolute Gasteiger partial charge is 0.379 e. The highest BCUT2D eigenvalue weighted by molar-refractivity contribution is 5.86. The Morgan fingerprint density at radius 3 is 2.19 bits per heavy atom. The monoisotopic (exact) mass is 502 g/mol. The predicted octanol–water partition coefficient (Wildman–Crippen LogP) is 3.67.